The molecular formula is C54H61ClN10O6S2. The van der Waals surface area contributed by atoms with E-state index >= 15 is 0 Å². The predicted octanol–water partition coefficient (Wildman–Crippen LogP) is 8.48. The van der Waals surface area contributed by atoms with E-state index in [0.717, 1.165) is 54.9 Å². The average molecular weight is 1050 g/mol. The molecule has 0 bridgehead atoms. The number of thiophene rings is 1. The van der Waals surface area contributed by atoms with Gasteiger partial charge >= 0.3 is 0 Å². The van der Waals surface area contributed by atoms with Crippen LogP contribution < -0.4 is 25.4 Å². The van der Waals surface area contributed by atoms with E-state index in [1.807, 2.05) is 75.9 Å². The number of aliphatic hydroxyl groups is 1. The fourth-order valence-electron chi connectivity index (χ4n) is 9.58. The Balaban J connectivity index is 0.750. The number of thiazole rings is 1. The Morgan fingerprint density at radius 3 is 2.33 bits per heavy atom. The van der Waals surface area contributed by atoms with E-state index in [1.54, 1.807) is 39.7 Å². The third-order valence-electron chi connectivity index (χ3n) is 13.8. The molecule has 382 valence electrons. The number of pyridine rings is 1. The summed E-state index contributed by atoms with van der Waals surface area (Å²) in [5.74, 6) is 1.12. The van der Waals surface area contributed by atoms with Gasteiger partial charge in [0, 0.05) is 70.7 Å². The summed E-state index contributed by atoms with van der Waals surface area (Å²) < 4.78 is 14.0. The highest BCUT2D eigenvalue weighted by molar-refractivity contribution is 7.15. The number of nitrogens with one attached hydrogen (secondary N) is 3. The Morgan fingerprint density at radius 1 is 0.932 bits per heavy atom. The minimum Gasteiger partial charge on any atom is -0.482 e. The minimum atomic E-state index is -0.915. The molecule has 1 saturated heterocycles. The van der Waals surface area contributed by atoms with Gasteiger partial charge in [-0.1, -0.05) is 75.3 Å². The van der Waals surface area contributed by atoms with Gasteiger partial charge in [-0.15, -0.1) is 32.9 Å². The minimum absolute atomic E-state index is 0.0843. The number of carbonyl (C=O) groups excluding carboxylic acids is 3. The highest BCUT2D eigenvalue weighted by atomic mass is 35.5. The number of hydrogen-bond acceptors (Lipinski definition) is 14. The molecule has 16 nitrogen and oxygen atoms in total. The molecule has 1 saturated carbocycles. The number of hydrogen-bond donors (Lipinski definition) is 4. The van der Waals surface area contributed by atoms with Crippen molar-refractivity contribution >= 4 is 57.7 Å². The zero-order valence-electron chi connectivity index (χ0n) is 42.2. The summed E-state index contributed by atoms with van der Waals surface area (Å²) in [5.41, 5.74) is 8.74. The number of carbonyl (C=O) groups is 3. The number of benzene rings is 2. The second-order valence-electron chi connectivity index (χ2n) is 20.2. The number of aryl methyl sites for hydroxylation is 3. The molecule has 9 rings (SSSR count). The van der Waals surface area contributed by atoms with Gasteiger partial charge in [0.15, 0.2) is 12.4 Å². The lowest BCUT2D eigenvalue weighted by molar-refractivity contribution is -0.140. The van der Waals surface area contributed by atoms with Crippen LogP contribution in [0.2, 0.25) is 5.02 Å². The SMILES string of the molecule is C=C(N[C@@H](C)c1ccc(-c2scnc2C)cc1)[C@H]1CC(O)CN1C(=O)[C@@H](NC(=O)COc1ccc(O[C@H]2C[C@@H](NC(=O)C[C@@H]3N=C(c4ccc(Cl)cc4)c4c(sc(C)c4C)-n4c(C)nnc43)C2)nc1)C(C)(C)C. The molecule has 2 fully saturated rings. The standard InChI is InChI=1S/C54H61ClN10O6S2/c1-28-32(5)73-53-47(28)48(35-14-16-37(55)17-15-35)60-42(51-63-62-33(6)65(51)53)23-44(67)59-38-20-41(21-38)71-46-19-18-40(24-56-46)70-26-45(68)61-50(54(7,8)9)52(69)64-25-39(66)22-43(64)30(3)58-29(2)34-10-12-36(13-11-34)49-31(4)57-27-72-49/h10-19,24,27,29,38-39,41-43,50,58,66H,3,20-23,25-26H2,1-2,4-9H3,(H,59,67)(H,61,68)/t29-,38-,39?,41+,42-,43+,50+/m0/s1. The van der Waals surface area contributed by atoms with Crippen LogP contribution in [0.15, 0.2) is 89.6 Å². The third kappa shape index (κ3) is 11.2. The zero-order chi connectivity index (χ0) is 51.9. The average Bonchev–Trinajstić information content (AvgIpc) is 4.11. The summed E-state index contributed by atoms with van der Waals surface area (Å²) in [6.07, 6.45) is 2.17. The van der Waals surface area contributed by atoms with Crippen molar-refractivity contribution in [3.63, 3.8) is 0 Å². The van der Waals surface area contributed by atoms with Crippen LogP contribution >= 0.6 is 34.3 Å². The maximum atomic E-state index is 14.3. The van der Waals surface area contributed by atoms with Crippen molar-refractivity contribution in [1.82, 2.24) is 45.6 Å². The molecule has 3 aliphatic rings. The number of halogens is 1. The molecule has 0 radical (unpaired) electrons. The quantitative estimate of drug-likeness (QED) is 0.0726. The summed E-state index contributed by atoms with van der Waals surface area (Å²) in [7, 11) is 0. The number of likely N-dealkylation sites (tertiary alicyclic amines) is 1. The van der Waals surface area contributed by atoms with E-state index in [4.69, 9.17) is 26.1 Å². The van der Waals surface area contributed by atoms with Gasteiger partial charge in [0.05, 0.1) is 46.6 Å². The molecule has 0 spiro atoms. The smallest absolute Gasteiger partial charge is 0.258 e. The highest BCUT2D eigenvalue weighted by Gasteiger charge is 2.43. The van der Waals surface area contributed by atoms with Crippen LogP contribution in [0.1, 0.15) is 110 Å². The number of aliphatic hydroxyl groups excluding tert-OH is 1. The molecule has 5 atom stereocenters. The largest absolute Gasteiger partial charge is 0.482 e. The number of amides is 3. The molecule has 1 unspecified atom stereocenters. The van der Waals surface area contributed by atoms with E-state index in [1.165, 1.54) is 11.1 Å². The Bertz CT molecular complexity index is 3050. The molecule has 4 N–H and O–H groups in total. The molecule has 1 aliphatic carbocycles. The topological polar surface area (TPSA) is 198 Å². The maximum Gasteiger partial charge on any atom is 0.258 e. The fourth-order valence-corrected chi connectivity index (χ4v) is 11.7. The summed E-state index contributed by atoms with van der Waals surface area (Å²) in [6.45, 7) is 19.8. The number of aliphatic imine (C=N–C) groups is 1. The number of fused-ring (bicyclic) bond motifs is 3. The van der Waals surface area contributed by atoms with Crippen molar-refractivity contribution in [3.05, 3.63) is 134 Å². The van der Waals surface area contributed by atoms with E-state index in [2.05, 4.69) is 80.8 Å². The summed E-state index contributed by atoms with van der Waals surface area (Å²) in [4.78, 5) is 59.3. The number of nitrogens with zero attached hydrogens (tertiary/aromatic N) is 7. The first-order chi connectivity index (χ1) is 34.8. The van der Waals surface area contributed by atoms with Crippen molar-refractivity contribution in [2.75, 3.05) is 13.2 Å². The van der Waals surface area contributed by atoms with Gasteiger partial charge in [-0.05, 0) is 74.9 Å². The Hall–Kier alpha value is -6.47. The normalized spacial score (nSPS) is 20.1. The molecule has 4 aromatic heterocycles. The summed E-state index contributed by atoms with van der Waals surface area (Å²) in [5, 5.41) is 30.9. The van der Waals surface area contributed by atoms with Gasteiger partial charge < -0.3 is 35.4 Å². The van der Waals surface area contributed by atoms with Crippen molar-refractivity contribution in [3.8, 4) is 27.1 Å². The number of aromatic nitrogens is 5. The Morgan fingerprint density at radius 2 is 1.66 bits per heavy atom. The van der Waals surface area contributed by atoms with Crippen molar-refractivity contribution < 1.29 is 29.0 Å². The van der Waals surface area contributed by atoms with Gasteiger partial charge in [0.25, 0.3) is 5.91 Å². The number of ether oxygens (including phenoxy) is 2. The lowest BCUT2D eigenvalue weighted by Crippen LogP contribution is -2.57. The third-order valence-corrected chi connectivity index (χ3v) is 16.2. The van der Waals surface area contributed by atoms with Crippen LogP contribution in [-0.2, 0) is 14.4 Å². The first kappa shape index (κ1) is 51.4. The van der Waals surface area contributed by atoms with Crippen LogP contribution in [0.4, 0.5) is 0 Å². The molecule has 6 aromatic rings. The van der Waals surface area contributed by atoms with Crippen molar-refractivity contribution in [1.29, 1.82) is 0 Å². The monoisotopic (exact) mass is 1040 g/mol. The summed E-state index contributed by atoms with van der Waals surface area (Å²) in [6, 6.07) is 17.0. The van der Waals surface area contributed by atoms with E-state index in [9.17, 15) is 19.5 Å². The van der Waals surface area contributed by atoms with Gasteiger partial charge in [-0.2, -0.15) is 0 Å². The number of rotatable bonds is 16. The molecule has 6 heterocycles. The lowest BCUT2D eigenvalue weighted by atomic mass is 9.85. The van der Waals surface area contributed by atoms with Crippen molar-refractivity contribution in [2.24, 2.45) is 10.4 Å². The van der Waals surface area contributed by atoms with Crippen LogP contribution in [0.25, 0.3) is 15.4 Å². The van der Waals surface area contributed by atoms with Crippen LogP contribution in [0, 0.1) is 33.1 Å². The Labute approximate surface area is 438 Å². The Kier molecular flexibility index (Phi) is 14.9. The first-order valence-corrected chi connectivity index (χ1v) is 26.5. The van der Waals surface area contributed by atoms with Gasteiger partial charge in [-0.25, -0.2) is 9.97 Å². The van der Waals surface area contributed by atoms with Crippen LogP contribution in [0.3, 0.4) is 0 Å². The second kappa shape index (κ2) is 21.2. The van der Waals surface area contributed by atoms with Crippen molar-refractivity contribution in [2.45, 2.75) is 123 Å². The summed E-state index contributed by atoms with van der Waals surface area (Å²) >= 11 is 9.54. The van der Waals surface area contributed by atoms with Crippen LogP contribution in [-0.4, -0.2) is 102 Å². The molecule has 19 heteroatoms. The maximum absolute atomic E-state index is 14.3. The highest BCUT2D eigenvalue weighted by Crippen LogP contribution is 2.40. The molecule has 3 amide bonds. The van der Waals surface area contributed by atoms with Gasteiger partial charge in [-0.3, -0.25) is 23.9 Å². The van der Waals surface area contributed by atoms with E-state index in [0.29, 0.717) is 47.4 Å². The van der Waals surface area contributed by atoms with E-state index < -0.39 is 35.6 Å². The van der Waals surface area contributed by atoms with E-state index in [-0.39, 0.29) is 49.6 Å². The lowest BCUT2D eigenvalue weighted by Gasteiger charge is -2.36. The fraction of sp³-hybridized carbons (Fsp3) is 0.407. The zero-order valence-corrected chi connectivity index (χ0v) is 44.6. The first-order valence-electron chi connectivity index (χ1n) is 24.5. The molecule has 73 heavy (non-hydrogen) atoms. The van der Waals surface area contributed by atoms with Gasteiger partial charge in [0.2, 0.25) is 17.7 Å². The van der Waals surface area contributed by atoms with Crippen LogP contribution in [0.5, 0.6) is 11.6 Å². The molecule has 2 aromatic carbocycles. The van der Waals surface area contributed by atoms with Gasteiger partial charge in [0.1, 0.15) is 34.8 Å². The number of β-amino-alcohol motifs (C(OH)–C–C–N with tert-alkyl or cyclic N) is 1. The molecule has 2 aliphatic heterocycles. The molecular weight excluding hydrogens is 984 g/mol. The predicted molar refractivity (Wildman–Crippen MR) is 284 cm³/mol. The second-order valence-corrected chi connectivity index (χ2v) is 22.7.